The largest absolute Gasteiger partial charge is 0.380 e. The number of anilines is 1. The predicted octanol–water partition coefficient (Wildman–Crippen LogP) is 4.86. The summed E-state index contributed by atoms with van der Waals surface area (Å²) in [5.41, 5.74) is 2.27. The normalized spacial score (nSPS) is 10.4. The van der Waals surface area contributed by atoms with Gasteiger partial charge in [-0.25, -0.2) is 0 Å². The van der Waals surface area contributed by atoms with Crippen molar-refractivity contribution in [1.29, 1.82) is 0 Å². The average Bonchev–Trinajstić information content (AvgIpc) is 2.73. The summed E-state index contributed by atoms with van der Waals surface area (Å²) < 4.78 is 1.15. The van der Waals surface area contributed by atoms with E-state index in [1.807, 2.05) is 12.1 Å². The van der Waals surface area contributed by atoms with Crippen LogP contribution in [-0.2, 0) is 12.4 Å². The third-order valence-corrected chi connectivity index (χ3v) is 4.20. The second kappa shape index (κ2) is 5.71. The average molecular weight is 317 g/mol. The Morgan fingerprint density at radius 3 is 2.56 bits per heavy atom. The molecule has 2 rings (SSSR count). The summed E-state index contributed by atoms with van der Waals surface area (Å²) >= 11 is 10.9. The maximum atomic E-state index is 5.73. The molecule has 0 radical (unpaired) electrons. The Morgan fingerprint density at radius 2 is 2.00 bits per heavy atom. The van der Waals surface area contributed by atoms with Crippen LogP contribution in [0.15, 0.2) is 40.2 Å². The van der Waals surface area contributed by atoms with Crippen LogP contribution in [0.1, 0.15) is 10.4 Å². The molecule has 1 nitrogen and oxygen atoms in total. The Balaban J connectivity index is 1.94. The van der Waals surface area contributed by atoms with Crippen LogP contribution in [0.5, 0.6) is 0 Å². The maximum Gasteiger partial charge on any atom is 0.0494 e. The zero-order valence-electron chi connectivity index (χ0n) is 8.54. The van der Waals surface area contributed by atoms with Crippen molar-refractivity contribution < 1.29 is 0 Å². The first-order valence-corrected chi connectivity index (χ1v) is 7.10. The number of nitrogens with one attached hydrogen (secondary N) is 1. The van der Waals surface area contributed by atoms with Gasteiger partial charge in [-0.3, -0.25) is 0 Å². The maximum absolute atomic E-state index is 5.73. The summed E-state index contributed by atoms with van der Waals surface area (Å²) in [6, 6.07) is 10.3. The molecule has 0 saturated carbocycles. The molecule has 1 aromatic heterocycles. The molecule has 0 atom stereocenters. The second-order valence-corrected chi connectivity index (χ2v) is 5.59. The first-order valence-electron chi connectivity index (χ1n) is 4.89. The van der Waals surface area contributed by atoms with E-state index in [2.05, 4.69) is 44.8 Å². The van der Waals surface area contributed by atoms with Gasteiger partial charge in [0.15, 0.2) is 0 Å². The highest BCUT2D eigenvalue weighted by Gasteiger charge is 1.98. The lowest BCUT2D eigenvalue weighted by atomic mass is 10.2. The second-order valence-electron chi connectivity index (χ2n) is 3.42. The molecule has 0 aliphatic rings. The van der Waals surface area contributed by atoms with Crippen molar-refractivity contribution in [1.82, 2.24) is 0 Å². The van der Waals surface area contributed by atoms with E-state index in [0.717, 1.165) is 22.3 Å². The smallest absolute Gasteiger partial charge is 0.0494 e. The molecule has 4 heteroatoms. The molecule has 0 fully saturated rings. The van der Waals surface area contributed by atoms with Gasteiger partial charge in [-0.05, 0) is 39.7 Å². The van der Waals surface area contributed by atoms with Crippen LogP contribution in [0.2, 0.25) is 0 Å². The van der Waals surface area contributed by atoms with Gasteiger partial charge in [-0.1, -0.05) is 12.1 Å². The molecule has 16 heavy (non-hydrogen) atoms. The fourth-order valence-electron chi connectivity index (χ4n) is 1.35. The van der Waals surface area contributed by atoms with Gasteiger partial charge >= 0.3 is 0 Å². The molecular formula is C12H11BrClNS. The third-order valence-electron chi connectivity index (χ3n) is 2.20. The molecule has 84 valence electrons. The summed E-state index contributed by atoms with van der Waals surface area (Å²) in [7, 11) is 0. The topological polar surface area (TPSA) is 12.0 Å². The van der Waals surface area contributed by atoms with Crippen molar-refractivity contribution in [3.8, 4) is 0 Å². The highest BCUT2D eigenvalue weighted by molar-refractivity contribution is 9.10. The quantitative estimate of drug-likeness (QED) is 0.794. The van der Waals surface area contributed by atoms with Crippen molar-refractivity contribution >= 4 is 44.6 Å². The Hall–Kier alpha value is -0.510. The van der Waals surface area contributed by atoms with Crippen LogP contribution in [0.3, 0.4) is 0 Å². The molecule has 0 aliphatic heterocycles. The lowest BCUT2D eigenvalue weighted by Crippen LogP contribution is -1.96. The first-order chi connectivity index (χ1) is 7.78. The van der Waals surface area contributed by atoms with Gasteiger partial charge in [-0.15, -0.1) is 22.9 Å². The minimum atomic E-state index is 0.568. The van der Waals surface area contributed by atoms with Crippen molar-refractivity contribution in [3.05, 3.63) is 50.6 Å². The monoisotopic (exact) mass is 315 g/mol. The molecule has 0 saturated heterocycles. The predicted molar refractivity (Wildman–Crippen MR) is 75.3 cm³/mol. The number of hydrogen-bond acceptors (Lipinski definition) is 2. The van der Waals surface area contributed by atoms with E-state index >= 15 is 0 Å². The number of thiophene rings is 1. The Bertz CT molecular complexity index is 452. The van der Waals surface area contributed by atoms with Crippen LogP contribution in [0, 0.1) is 0 Å². The summed E-state index contributed by atoms with van der Waals surface area (Å²) in [4.78, 5) is 1.31. The highest BCUT2D eigenvalue weighted by Crippen LogP contribution is 2.21. The van der Waals surface area contributed by atoms with Crippen molar-refractivity contribution in [3.63, 3.8) is 0 Å². The number of alkyl halides is 1. The molecule has 1 N–H and O–H groups in total. The molecule has 0 unspecified atom stereocenters. The van der Waals surface area contributed by atoms with E-state index < -0.39 is 0 Å². The fraction of sp³-hybridized carbons (Fsp3) is 0.167. The van der Waals surface area contributed by atoms with Gasteiger partial charge in [0.2, 0.25) is 0 Å². The molecular weight excluding hydrogens is 306 g/mol. The molecule has 1 aromatic carbocycles. The lowest BCUT2D eigenvalue weighted by molar-refractivity contribution is 1.19. The summed E-state index contributed by atoms with van der Waals surface area (Å²) in [5.74, 6) is 0.568. The molecule has 1 heterocycles. The molecule has 0 bridgehead atoms. The van der Waals surface area contributed by atoms with Crippen molar-refractivity contribution in [2.45, 2.75) is 12.4 Å². The van der Waals surface area contributed by atoms with Gasteiger partial charge in [0.05, 0.1) is 0 Å². The summed E-state index contributed by atoms with van der Waals surface area (Å²) in [6.45, 7) is 0.858. The standard InChI is InChI=1S/C12H11BrClNS/c13-10-5-12(16-8-10)7-15-11-3-1-9(6-14)2-4-11/h1-5,8,15H,6-7H2. The van der Waals surface area contributed by atoms with E-state index in [0.29, 0.717) is 5.88 Å². The Morgan fingerprint density at radius 1 is 1.25 bits per heavy atom. The summed E-state index contributed by atoms with van der Waals surface area (Å²) in [6.07, 6.45) is 0. The fourth-order valence-corrected chi connectivity index (χ4v) is 2.92. The minimum absolute atomic E-state index is 0.568. The highest BCUT2D eigenvalue weighted by atomic mass is 79.9. The van der Waals surface area contributed by atoms with E-state index in [-0.39, 0.29) is 0 Å². The van der Waals surface area contributed by atoms with E-state index in [1.54, 1.807) is 11.3 Å². The first kappa shape index (κ1) is 12.0. The van der Waals surface area contributed by atoms with Gasteiger partial charge < -0.3 is 5.32 Å². The SMILES string of the molecule is ClCc1ccc(NCc2cc(Br)cs2)cc1. The third kappa shape index (κ3) is 3.24. The van der Waals surface area contributed by atoms with Crippen LogP contribution >= 0.6 is 38.9 Å². The van der Waals surface area contributed by atoms with Crippen LogP contribution < -0.4 is 5.32 Å². The van der Waals surface area contributed by atoms with E-state index in [4.69, 9.17) is 11.6 Å². The van der Waals surface area contributed by atoms with Gasteiger partial charge in [0, 0.05) is 32.8 Å². The van der Waals surface area contributed by atoms with Gasteiger partial charge in [0.25, 0.3) is 0 Å². The number of rotatable bonds is 4. The molecule has 0 spiro atoms. The van der Waals surface area contributed by atoms with Crippen LogP contribution in [-0.4, -0.2) is 0 Å². The molecule has 2 aromatic rings. The van der Waals surface area contributed by atoms with Crippen molar-refractivity contribution in [2.75, 3.05) is 5.32 Å². The number of benzene rings is 1. The lowest BCUT2D eigenvalue weighted by Gasteiger charge is -2.05. The molecule has 0 aliphatic carbocycles. The van der Waals surface area contributed by atoms with E-state index in [9.17, 15) is 0 Å². The van der Waals surface area contributed by atoms with Crippen LogP contribution in [0.25, 0.3) is 0 Å². The Kier molecular flexibility index (Phi) is 4.27. The van der Waals surface area contributed by atoms with Gasteiger partial charge in [0.1, 0.15) is 0 Å². The number of halogens is 2. The van der Waals surface area contributed by atoms with Crippen LogP contribution in [0.4, 0.5) is 5.69 Å². The van der Waals surface area contributed by atoms with Gasteiger partial charge in [-0.2, -0.15) is 0 Å². The minimum Gasteiger partial charge on any atom is -0.380 e. The molecule has 0 amide bonds. The number of hydrogen-bond donors (Lipinski definition) is 1. The van der Waals surface area contributed by atoms with E-state index in [1.165, 1.54) is 4.88 Å². The zero-order valence-corrected chi connectivity index (χ0v) is 11.7. The van der Waals surface area contributed by atoms with Crippen molar-refractivity contribution in [2.24, 2.45) is 0 Å². The Labute approximate surface area is 113 Å². The zero-order chi connectivity index (χ0) is 11.4. The summed E-state index contributed by atoms with van der Waals surface area (Å²) in [5, 5.41) is 5.46.